The molecule has 0 saturated carbocycles. The van der Waals surface area contributed by atoms with Crippen molar-refractivity contribution in [1.82, 2.24) is 4.90 Å². The number of amides is 1. The van der Waals surface area contributed by atoms with Crippen molar-refractivity contribution in [2.75, 3.05) is 13.7 Å². The second-order valence-corrected chi connectivity index (χ2v) is 3.95. The molecule has 0 aromatic carbocycles. The molecule has 1 fully saturated rings. The first-order valence-corrected chi connectivity index (χ1v) is 5.42. The fourth-order valence-electron chi connectivity index (χ4n) is 1.90. The van der Waals surface area contributed by atoms with Gasteiger partial charge in [-0.05, 0) is 26.2 Å². The average molecular weight is 229 g/mol. The largest absolute Gasteiger partial charge is 0.409 e. The van der Waals surface area contributed by atoms with Gasteiger partial charge in [0.25, 0.3) is 5.91 Å². The van der Waals surface area contributed by atoms with Gasteiger partial charge in [0.2, 0.25) is 0 Å². The van der Waals surface area contributed by atoms with E-state index < -0.39 is 6.10 Å². The Kier molecular flexibility index (Phi) is 4.54. The van der Waals surface area contributed by atoms with E-state index in [-0.39, 0.29) is 17.8 Å². The lowest BCUT2D eigenvalue weighted by molar-refractivity contribution is -0.143. The van der Waals surface area contributed by atoms with Gasteiger partial charge >= 0.3 is 0 Å². The number of oxime groups is 1. The number of amidine groups is 1. The van der Waals surface area contributed by atoms with Crippen LogP contribution in [-0.2, 0) is 9.53 Å². The molecule has 1 saturated heterocycles. The van der Waals surface area contributed by atoms with E-state index in [2.05, 4.69) is 5.16 Å². The van der Waals surface area contributed by atoms with Crippen LogP contribution in [0.15, 0.2) is 5.16 Å². The molecular weight excluding hydrogens is 210 g/mol. The second kappa shape index (κ2) is 5.69. The summed E-state index contributed by atoms with van der Waals surface area (Å²) >= 11 is 0. The van der Waals surface area contributed by atoms with E-state index in [4.69, 9.17) is 15.7 Å². The molecule has 1 heterocycles. The Morgan fingerprint density at radius 3 is 2.88 bits per heavy atom. The lowest BCUT2D eigenvalue weighted by atomic mass is 10.0. The Bertz CT molecular complexity index is 280. The van der Waals surface area contributed by atoms with Gasteiger partial charge in [0.15, 0.2) is 5.84 Å². The number of piperidine rings is 1. The monoisotopic (exact) mass is 229 g/mol. The molecule has 1 aliphatic rings. The van der Waals surface area contributed by atoms with E-state index in [1.54, 1.807) is 11.8 Å². The van der Waals surface area contributed by atoms with Gasteiger partial charge in [-0.2, -0.15) is 0 Å². The summed E-state index contributed by atoms with van der Waals surface area (Å²) in [5.41, 5.74) is 5.58. The van der Waals surface area contributed by atoms with Crippen LogP contribution in [0.25, 0.3) is 0 Å². The van der Waals surface area contributed by atoms with Crippen LogP contribution in [-0.4, -0.2) is 47.7 Å². The minimum atomic E-state index is -0.493. The zero-order valence-electron chi connectivity index (χ0n) is 9.72. The van der Waals surface area contributed by atoms with E-state index in [1.807, 2.05) is 0 Å². The number of carbonyl (C=O) groups excluding carboxylic acids is 1. The molecule has 0 bridgehead atoms. The molecule has 6 heteroatoms. The van der Waals surface area contributed by atoms with Crippen molar-refractivity contribution >= 4 is 11.7 Å². The summed E-state index contributed by atoms with van der Waals surface area (Å²) in [7, 11) is 1.49. The third kappa shape index (κ3) is 2.63. The Morgan fingerprint density at radius 1 is 1.62 bits per heavy atom. The third-order valence-corrected chi connectivity index (χ3v) is 2.94. The summed E-state index contributed by atoms with van der Waals surface area (Å²) in [5, 5.41) is 11.7. The maximum absolute atomic E-state index is 12.0. The van der Waals surface area contributed by atoms with Crippen LogP contribution in [0.4, 0.5) is 0 Å². The zero-order chi connectivity index (χ0) is 12.1. The van der Waals surface area contributed by atoms with Crippen molar-refractivity contribution in [1.29, 1.82) is 0 Å². The smallest absolute Gasteiger partial charge is 0.252 e. The first kappa shape index (κ1) is 12.8. The van der Waals surface area contributed by atoms with E-state index in [1.165, 1.54) is 7.11 Å². The number of hydrogen-bond acceptors (Lipinski definition) is 4. The van der Waals surface area contributed by atoms with Gasteiger partial charge in [-0.15, -0.1) is 0 Å². The summed E-state index contributed by atoms with van der Waals surface area (Å²) in [6.45, 7) is 2.33. The van der Waals surface area contributed by atoms with Gasteiger partial charge in [0, 0.05) is 13.7 Å². The van der Waals surface area contributed by atoms with E-state index >= 15 is 0 Å². The van der Waals surface area contributed by atoms with E-state index in [9.17, 15) is 4.79 Å². The number of likely N-dealkylation sites (tertiary alicyclic amines) is 1. The van der Waals surface area contributed by atoms with Gasteiger partial charge in [0.05, 0.1) is 6.04 Å². The molecule has 6 nitrogen and oxygen atoms in total. The summed E-state index contributed by atoms with van der Waals surface area (Å²) in [4.78, 5) is 13.6. The van der Waals surface area contributed by atoms with Crippen LogP contribution >= 0.6 is 0 Å². The predicted octanol–water partition coefficient (Wildman–Crippen LogP) is 0.149. The molecule has 0 aromatic heterocycles. The molecule has 0 radical (unpaired) electrons. The highest BCUT2D eigenvalue weighted by Crippen LogP contribution is 2.18. The maximum atomic E-state index is 12.0. The van der Waals surface area contributed by atoms with Crippen LogP contribution < -0.4 is 5.73 Å². The molecule has 1 amide bonds. The summed E-state index contributed by atoms with van der Waals surface area (Å²) < 4.78 is 4.99. The Morgan fingerprint density at radius 2 is 2.31 bits per heavy atom. The number of rotatable bonds is 3. The summed E-state index contributed by atoms with van der Waals surface area (Å²) in [6.07, 6.45) is 2.16. The molecular formula is C10H19N3O3. The summed E-state index contributed by atoms with van der Waals surface area (Å²) in [6, 6.07) is -0.302. The minimum Gasteiger partial charge on any atom is -0.409 e. The van der Waals surface area contributed by atoms with Crippen molar-refractivity contribution in [2.24, 2.45) is 10.9 Å². The van der Waals surface area contributed by atoms with Crippen LogP contribution in [0.2, 0.25) is 0 Å². The van der Waals surface area contributed by atoms with Crippen molar-refractivity contribution in [3.8, 4) is 0 Å². The molecule has 0 aromatic rings. The highest BCUT2D eigenvalue weighted by molar-refractivity contribution is 5.91. The lowest BCUT2D eigenvalue weighted by Gasteiger charge is -2.36. The standard InChI is InChI=1S/C10H19N3O3/c1-7(16-2)10(14)13-6-4-3-5-8(13)9(11)12-15/h7-8,15H,3-6H2,1-2H3,(H2,11,12). The Balaban J connectivity index is 2.78. The van der Waals surface area contributed by atoms with Gasteiger partial charge in [-0.3, -0.25) is 4.79 Å². The van der Waals surface area contributed by atoms with Crippen LogP contribution in [0.5, 0.6) is 0 Å². The van der Waals surface area contributed by atoms with Crippen molar-refractivity contribution < 1.29 is 14.7 Å². The number of nitrogens with zero attached hydrogens (tertiary/aromatic N) is 2. The predicted molar refractivity (Wildman–Crippen MR) is 59.2 cm³/mol. The molecule has 92 valence electrons. The van der Waals surface area contributed by atoms with E-state index in [0.29, 0.717) is 6.54 Å². The molecule has 1 aliphatic heterocycles. The Labute approximate surface area is 95.0 Å². The van der Waals surface area contributed by atoms with Gasteiger partial charge in [0.1, 0.15) is 6.10 Å². The molecule has 2 atom stereocenters. The molecule has 0 spiro atoms. The van der Waals surface area contributed by atoms with Crippen LogP contribution in [0.1, 0.15) is 26.2 Å². The fourth-order valence-corrected chi connectivity index (χ4v) is 1.90. The van der Waals surface area contributed by atoms with Crippen LogP contribution in [0.3, 0.4) is 0 Å². The van der Waals surface area contributed by atoms with Gasteiger partial charge in [-0.25, -0.2) is 0 Å². The van der Waals surface area contributed by atoms with Crippen LogP contribution in [0, 0.1) is 0 Å². The minimum absolute atomic E-state index is 0.0938. The second-order valence-electron chi connectivity index (χ2n) is 3.95. The molecule has 1 rings (SSSR count). The number of ether oxygens (including phenoxy) is 1. The molecule has 3 N–H and O–H groups in total. The van der Waals surface area contributed by atoms with Crippen molar-refractivity contribution in [2.45, 2.75) is 38.3 Å². The highest BCUT2D eigenvalue weighted by Gasteiger charge is 2.32. The number of carbonyl (C=O) groups is 1. The highest BCUT2D eigenvalue weighted by atomic mass is 16.5. The van der Waals surface area contributed by atoms with Crippen molar-refractivity contribution in [3.63, 3.8) is 0 Å². The molecule has 0 aliphatic carbocycles. The van der Waals surface area contributed by atoms with Crippen molar-refractivity contribution in [3.05, 3.63) is 0 Å². The van der Waals surface area contributed by atoms with Gasteiger partial charge in [-0.1, -0.05) is 5.16 Å². The zero-order valence-corrected chi connectivity index (χ0v) is 9.72. The third-order valence-electron chi connectivity index (χ3n) is 2.94. The number of nitrogens with two attached hydrogens (primary N) is 1. The van der Waals surface area contributed by atoms with E-state index in [0.717, 1.165) is 19.3 Å². The SMILES string of the molecule is COC(C)C(=O)N1CCCCC1C(N)=NO. The first-order chi connectivity index (χ1) is 7.61. The average Bonchev–Trinajstić information content (AvgIpc) is 2.35. The quantitative estimate of drug-likeness (QED) is 0.312. The van der Waals surface area contributed by atoms with Gasteiger partial charge < -0.3 is 20.6 Å². The summed E-state index contributed by atoms with van der Waals surface area (Å²) in [5.74, 6) is -0.0184. The molecule has 2 unspecified atom stereocenters. The fraction of sp³-hybridized carbons (Fsp3) is 0.800. The lowest BCUT2D eigenvalue weighted by Crippen LogP contribution is -2.53. The first-order valence-electron chi connectivity index (χ1n) is 5.42. The number of methoxy groups -OCH3 is 1. The number of hydrogen-bond donors (Lipinski definition) is 2. The Hall–Kier alpha value is -1.30. The molecule has 16 heavy (non-hydrogen) atoms. The normalized spacial score (nSPS) is 24.2. The topological polar surface area (TPSA) is 88.2 Å². The maximum Gasteiger partial charge on any atom is 0.252 e.